The molecule has 0 saturated heterocycles. The number of nitrogens with zero attached hydrogens (tertiary/aromatic N) is 1. The van der Waals surface area contributed by atoms with Gasteiger partial charge < -0.3 is 4.90 Å². The Bertz CT molecular complexity index is 1490. The van der Waals surface area contributed by atoms with Crippen LogP contribution < -0.4 is 4.90 Å². The molecule has 0 N–H and O–H groups in total. The van der Waals surface area contributed by atoms with Crippen molar-refractivity contribution in [1.82, 2.24) is 0 Å². The number of hydrogen-bond donors (Lipinski definition) is 0. The van der Waals surface area contributed by atoms with Crippen molar-refractivity contribution in [3.8, 4) is 44.5 Å². The van der Waals surface area contributed by atoms with Gasteiger partial charge in [-0.25, -0.2) is 0 Å². The SMILES string of the molecule is Brc1ccc2c(c1)-c1ccccc1-c1cccc3c1N2c1ccc(Br)cc1-c1ccccc1-3. The van der Waals surface area contributed by atoms with Crippen LogP contribution in [0.5, 0.6) is 0 Å². The first-order chi connectivity index (χ1) is 16.2. The standard InChI is InChI=1S/C30H17Br2N/c31-18-12-14-28-26(16-18)22-8-3-1-6-20(22)24-10-5-11-25-21-7-2-4-9-23(21)27-17-19(32)13-15-29(27)33(28)30(24)25/h1-17H. The van der Waals surface area contributed by atoms with Gasteiger partial charge in [0.05, 0.1) is 17.1 Å². The number of anilines is 3. The minimum absolute atomic E-state index is 1.08. The van der Waals surface area contributed by atoms with E-state index in [1.165, 1.54) is 61.6 Å². The fraction of sp³-hybridized carbons (Fsp3) is 0. The lowest BCUT2D eigenvalue weighted by Crippen LogP contribution is -2.12. The summed E-state index contributed by atoms with van der Waals surface area (Å²) in [6.07, 6.45) is 0. The van der Waals surface area contributed by atoms with E-state index in [1.807, 2.05) is 0 Å². The molecule has 2 aliphatic heterocycles. The number of hydrogen-bond acceptors (Lipinski definition) is 1. The highest BCUT2D eigenvalue weighted by molar-refractivity contribution is 9.10. The molecule has 33 heavy (non-hydrogen) atoms. The number of benzene rings is 5. The van der Waals surface area contributed by atoms with Crippen LogP contribution in [0.4, 0.5) is 17.1 Å². The van der Waals surface area contributed by atoms with Gasteiger partial charge in [0, 0.05) is 31.2 Å². The molecule has 0 saturated carbocycles. The van der Waals surface area contributed by atoms with Crippen LogP contribution in [0.1, 0.15) is 0 Å². The topological polar surface area (TPSA) is 3.24 Å². The Morgan fingerprint density at radius 3 is 1.24 bits per heavy atom. The smallest absolute Gasteiger partial charge is 0.0619 e. The molecule has 0 amide bonds. The molecule has 5 aromatic rings. The van der Waals surface area contributed by atoms with Crippen molar-refractivity contribution in [3.05, 3.63) is 112 Å². The zero-order valence-corrected chi connectivity index (χ0v) is 20.7. The second-order valence-corrected chi connectivity index (χ2v) is 10.3. The Hall–Kier alpha value is -3.14. The first-order valence-corrected chi connectivity index (χ1v) is 12.5. The third kappa shape index (κ3) is 2.76. The maximum absolute atomic E-state index is 3.73. The largest absolute Gasteiger partial charge is 0.308 e. The quantitative estimate of drug-likeness (QED) is 0.181. The van der Waals surface area contributed by atoms with Gasteiger partial charge in [0.25, 0.3) is 0 Å². The van der Waals surface area contributed by atoms with Crippen LogP contribution in [0.15, 0.2) is 112 Å². The van der Waals surface area contributed by atoms with Crippen LogP contribution in [0.2, 0.25) is 0 Å². The first kappa shape index (κ1) is 19.3. The van der Waals surface area contributed by atoms with Crippen molar-refractivity contribution >= 4 is 48.9 Å². The molecule has 1 nitrogen and oxygen atoms in total. The second kappa shape index (κ2) is 7.18. The van der Waals surface area contributed by atoms with Gasteiger partial charge in [0.15, 0.2) is 0 Å². The summed E-state index contributed by atoms with van der Waals surface area (Å²) in [6.45, 7) is 0. The molecule has 0 aromatic heterocycles. The maximum atomic E-state index is 3.73. The van der Waals surface area contributed by atoms with Crippen molar-refractivity contribution in [2.24, 2.45) is 0 Å². The average molecular weight is 551 g/mol. The molecule has 2 aliphatic rings. The van der Waals surface area contributed by atoms with E-state index in [1.54, 1.807) is 0 Å². The molecule has 0 unspecified atom stereocenters. The highest BCUT2D eigenvalue weighted by Crippen LogP contribution is 2.58. The van der Waals surface area contributed by atoms with Gasteiger partial charge in [0.2, 0.25) is 0 Å². The molecule has 0 spiro atoms. The van der Waals surface area contributed by atoms with Crippen LogP contribution >= 0.6 is 31.9 Å². The second-order valence-electron chi connectivity index (χ2n) is 8.45. The Morgan fingerprint density at radius 2 is 0.788 bits per heavy atom. The predicted molar refractivity (Wildman–Crippen MR) is 145 cm³/mol. The number of rotatable bonds is 0. The fourth-order valence-corrected chi connectivity index (χ4v) is 6.06. The summed E-state index contributed by atoms with van der Waals surface area (Å²) in [4.78, 5) is 2.47. The van der Waals surface area contributed by atoms with E-state index in [2.05, 4.69) is 140 Å². The molecule has 5 aromatic carbocycles. The Labute approximate surface area is 209 Å². The molecular formula is C30H17Br2N. The molecule has 0 fully saturated rings. The van der Waals surface area contributed by atoms with Gasteiger partial charge in [-0.05, 0) is 58.7 Å². The van der Waals surface area contributed by atoms with Gasteiger partial charge in [-0.2, -0.15) is 0 Å². The molecule has 7 rings (SSSR count). The molecule has 0 radical (unpaired) electrons. The Balaban J connectivity index is 1.74. The third-order valence-corrected chi connectivity index (χ3v) is 7.66. The highest BCUT2D eigenvalue weighted by atomic mass is 79.9. The van der Waals surface area contributed by atoms with Crippen molar-refractivity contribution in [3.63, 3.8) is 0 Å². The van der Waals surface area contributed by atoms with Gasteiger partial charge in [0.1, 0.15) is 0 Å². The van der Waals surface area contributed by atoms with Gasteiger partial charge >= 0.3 is 0 Å². The van der Waals surface area contributed by atoms with E-state index in [4.69, 9.17) is 0 Å². The Kier molecular flexibility index (Phi) is 4.21. The lowest BCUT2D eigenvalue weighted by Gasteiger charge is -2.29. The van der Waals surface area contributed by atoms with E-state index in [0.29, 0.717) is 0 Å². The molecule has 0 atom stereocenters. The van der Waals surface area contributed by atoms with Crippen LogP contribution in [0.25, 0.3) is 44.5 Å². The Morgan fingerprint density at radius 1 is 0.394 bits per heavy atom. The van der Waals surface area contributed by atoms with Gasteiger partial charge in [-0.15, -0.1) is 0 Å². The van der Waals surface area contributed by atoms with E-state index < -0.39 is 0 Å². The summed E-state index contributed by atoms with van der Waals surface area (Å²) in [5.74, 6) is 0. The monoisotopic (exact) mass is 549 g/mol. The summed E-state index contributed by atoms with van der Waals surface area (Å²) in [5, 5.41) is 0. The summed E-state index contributed by atoms with van der Waals surface area (Å²) in [5.41, 5.74) is 13.6. The van der Waals surface area contributed by atoms with Crippen molar-refractivity contribution < 1.29 is 0 Å². The summed E-state index contributed by atoms with van der Waals surface area (Å²) >= 11 is 7.46. The van der Waals surface area contributed by atoms with Gasteiger partial charge in [-0.1, -0.05) is 98.6 Å². The maximum Gasteiger partial charge on any atom is 0.0619 e. The average Bonchev–Trinajstić information content (AvgIpc) is 3.05. The lowest BCUT2D eigenvalue weighted by molar-refractivity contribution is 1.30. The molecule has 3 heteroatoms. The molecule has 0 bridgehead atoms. The third-order valence-electron chi connectivity index (χ3n) is 6.67. The van der Waals surface area contributed by atoms with Crippen LogP contribution in [0.3, 0.4) is 0 Å². The van der Waals surface area contributed by atoms with E-state index in [0.717, 1.165) is 8.95 Å². The zero-order chi connectivity index (χ0) is 22.1. The predicted octanol–water partition coefficient (Wildman–Crippen LogP) is 9.98. The molecular weight excluding hydrogens is 534 g/mol. The van der Waals surface area contributed by atoms with Crippen LogP contribution in [-0.2, 0) is 0 Å². The minimum atomic E-state index is 1.08. The summed E-state index contributed by atoms with van der Waals surface area (Å²) < 4.78 is 2.16. The summed E-state index contributed by atoms with van der Waals surface area (Å²) in [6, 6.07) is 37.5. The lowest BCUT2D eigenvalue weighted by atomic mass is 9.90. The fourth-order valence-electron chi connectivity index (χ4n) is 5.33. The first-order valence-electron chi connectivity index (χ1n) is 10.9. The normalized spacial score (nSPS) is 12.5. The van der Waals surface area contributed by atoms with Gasteiger partial charge in [-0.3, -0.25) is 0 Å². The minimum Gasteiger partial charge on any atom is -0.308 e. The molecule has 0 aliphatic carbocycles. The number of halogens is 2. The molecule has 156 valence electrons. The van der Waals surface area contributed by atoms with Crippen molar-refractivity contribution in [2.75, 3.05) is 4.90 Å². The van der Waals surface area contributed by atoms with E-state index >= 15 is 0 Å². The summed E-state index contributed by atoms with van der Waals surface area (Å²) in [7, 11) is 0. The van der Waals surface area contributed by atoms with Crippen LogP contribution in [-0.4, -0.2) is 0 Å². The van der Waals surface area contributed by atoms with E-state index in [-0.39, 0.29) is 0 Å². The number of para-hydroxylation sites is 1. The number of fused-ring (bicyclic) bond motifs is 10. The van der Waals surface area contributed by atoms with E-state index in [9.17, 15) is 0 Å². The van der Waals surface area contributed by atoms with Crippen LogP contribution in [0, 0.1) is 0 Å². The van der Waals surface area contributed by atoms with Crippen molar-refractivity contribution in [2.45, 2.75) is 0 Å². The molecule has 2 heterocycles. The highest BCUT2D eigenvalue weighted by Gasteiger charge is 2.32. The zero-order valence-electron chi connectivity index (χ0n) is 17.5. The van der Waals surface area contributed by atoms with Crippen molar-refractivity contribution in [1.29, 1.82) is 0 Å².